The second-order valence-electron chi connectivity index (χ2n) is 4.00. The first-order valence-electron chi connectivity index (χ1n) is 5.40. The lowest BCUT2D eigenvalue weighted by molar-refractivity contribution is -0.115. The number of nitrogens with zero attached hydrogens (tertiary/aromatic N) is 1. The Morgan fingerprint density at radius 2 is 2.17 bits per heavy atom. The van der Waals surface area contributed by atoms with Gasteiger partial charge in [0.1, 0.15) is 5.70 Å². The molecule has 0 aliphatic carbocycles. The number of guanidine groups is 1. The lowest BCUT2D eigenvalue weighted by atomic mass is 10.1. The Morgan fingerprint density at radius 1 is 1.39 bits per heavy atom. The molecule has 2 heterocycles. The number of amides is 1. The van der Waals surface area contributed by atoms with Crippen LogP contribution in [0, 0.1) is 5.41 Å². The molecular weight excluding hydrogens is 234 g/mol. The molecular formula is C12H11N3O3. The van der Waals surface area contributed by atoms with Crippen molar-refractivity contribution in [3.05, 3.63) is 29.5 Å². The van der Waals surface area contributed by atoms with E-state index in [0.717, 1.165) is 5.56 Å². The van der Waals surface area contributed by atoms with Crippen molar-refractivity contribution in [3.8, 4) is 11.5 Å². The van der Waals surface area contributed by atoms with Crippen molar-refractivity contribution in [2.24, 2.45) is 0 Å². The molecule has 1 aromatic rings. The highest BCUT2D eigenvalue weighted by Crippen LogP contribution is 2.33. The van der Waals surface area contributed by atoms with Crippen LogP contribution in [0.4, 0.5) is 0 Å². The maximum absolute atomic E-state index is 11.6. The summed E-state index contributed by atoms with van der Waals surface area (Å²) < 4.78 is 10.5. The molecule has 2 aliphatic heterocycles. The van der Waals surface area contributed by atoms with E-state index in [1.54, 1.807) is 25.3 Å². The lowest BCUT2D eigenvalue weighted by Crippen LogP contribution is -2.25. The van der Waals surface area contributed by atoms with Gasteiger partial charge in [0.05, 0.1) is 0 Å². The van der Waals surface area contributed by atoms with Crippen LogP contribution in [0.25, 0.3) is 6.08 Å². The molecule has 0 saturated carbocycles. The summed E-state index contributed by atoms with van der Waals surface area (Å²) in [6, 6.07) is 5.44. The van der Waals surface area contributed by atoms with E-state index in [0.29, 0.717) is 17.2 Å². The van der Waals surface area contributed by atoms with Gasteiger partial charge in [0.25, 0.3) is 5.91 Å². The summed E-state index contributed by atoms with van der Waals surface area (Å²) in [5.41, 5.74) is 1.25. The number of carbonyl (C=O) groups excluding carboxylic acids is 1. The predicted molar refractivity (Wildman–Crippen MR) is 64.2 cm³/mol. The summed E-state index contributed by atoms with van der Waals surface area (Å²) in [6.07, 6.45) is 1.71. The van der Waals surface area contributed by atoms with Crippen molar-refractivity contribution < 1.29 is 14.3 Å². The number of hydrogen-bond donors (Lipinski definition) is 2. The van der Waals surface area contributed by atoms with Crippen LogP contribution in [-0.2, 0) is 4.79 Å². The van der Waals surface area contributed by atoms with Crippen molar-refractivity contribution in [1.82, 2.24) is 10.2 Å². The molecule has 1 fully saturated rings. The van der Waals surface area contributed by atoms with Crippen LogP contribution in [-0.4, -0.2) is 30.6 Å². The van der Waals surface area contributed by atoms with Crippen LogP contribution in [0.5, 0.6) is 11.5 Å². The summed E-state index contributed by atoms with van der Waals surface area (Å²) in [5.74, 6) is 1.17. The molecule has 0 atom stereocenters. The van der Waals surface area contributed by atoms with Gasteiger partial charge in [-0.1, -0.05) is 6.07 Å². The molecule has 0 radical (unpaired) electrons. The quantitative estimate of drug-likeness (QED) is 0.716. The Labute approximate surface area is 103 Å². The van der Waals surface area contributed by atoms with E-state index in [2.05, 4.69) is 5.32 Å². The molecule has 6 heteroatoms. The molecule has 1 amide bonds. The van der Waals surface area contributed by atoms with Gasteiger partial charge in [-0.3, -0.25) is 15.5 Å². The maximum Gasteiger partial charge on any atom is 0.274 e. The first-order valence-corrected chi connectivity index (χ1v) is 5.40. The van der Waals surface area contributed by atoms with Crippen LogP contribution in [0.15, 0.2) is 23.9 Å². The zero-order chi connectivity index (χ0) is 12.7. The first kappa shape index (κ1) is 10.6. The highest BCUT2D eigenvalue weighted by Gasteiger charge is 2.27. The Hall–Kier alpha value is -2.50. The molecule has 3 rings (SSSR count). The van der Waals surface area contributed by atoms with Crippen molar-refractivity contribution in [1.29, 1.82) is 5.41 Å². The lowest BCUT2D eigenvalue weighted by Gasteiger charge is -2.08. The predicted octanol–water partition coefficient (Wildman–Crippen LogP) is 0.753. The second kappa shape index (κ2) is 3.76. The van der Waals surface area contributed by atoms with Gasteiger partial charge in [-0.05, 0) is 23.8 Å². The van der Waals surface area contributed by atoms with E-state index < -0.39 is 0 Å². The molecule has 0 bridgehead atoms. The zero-order valence-electron chi connectivity index (χ0n) is 9.69. The van der Waals surface area contributed by atoms with Crippen molar-refractivity contribution in [3.63, 3.8) is 0 Å². The fourth-order valence-electron chi connectivity index (χ4n) is 1.85. The Balaban J connectivity index is 1.97. The van der Waals surface area contributed by atoms with Gasteiger partial charge in [-0.2, -0.15) is 0 Å². The van der Waals surface area contributed by atoms with E-state index in [9.17, 15) is 4.79 Å². The number of hydrogen-bond acceptors (Lipinski definition) is 4. The molecule has 0 unspecified atom stereocenters. The molecule has 1 saturated heterocycles. The highest BCUT2D eigenvalue weighted by atomic mass is 16.7. The molecule has 92 valence electrons. The van der Waals surface area contributed by atoms with Gasteiger partial charge in [0.15, 0.2) is 11.5 Å². The molecule has 6 nitrogen and oxygen atoms in total. The number of ether oxygens (including phenoxy) is 2. The zero-order valence-corrected chi connectivity index (χ0v) is 9.69. The Morgan fingerprint density at radius 3 is 2.89 bits per heavy atom. The standard InChI is InChI=1S/C12H11N3O3/c1-15-8(11(16)14-12(15)13)4-7-2-3-9-10(5-7)18-6-17-9/h2-5H,6H2,1H3,(H2,13,14,16). The van der Waals surface area contributed by atoms with E-state index >= 15 is 0 Å². The average molecular weight is 245 g/mol. The number of rotatable bonds is 1. The van der Waals surface area contributed by atoms with E-state index in [4.69, 9.17) is 14.9 Å². The monoisotopic (exact) mass is 245 g/mol. The Kier molecular flexibility index (Phi) is 2.22. The first-order chi connectivity index (χ1) is 8.65. The highest BCUT2D eigenvalue weighted by molar-refractivity contribution is 6.14. The summed E-state index contributed by atoms with van der Waals surface area (Å²) in [5, 5.41) is 9.95. The van der Waals surface area contributed by atoms with Gasteiger partial charge in [-0.25, -0.2) is 0 Å². The number of fused-ring (bicyclic) bond motifs is 1. The van der Waals surface area contributed by atoms with Gasteiger partial charge in [-0.15, -0.1) is 0 Å². The van der Waals surface area contributed by atoms with Crippen molar-refractivity contribution in [2.45, 2.75) is 0 Å². The average Bonchev–Trinajstić information content (AvgIpc) is 2.89. The Bertz CT molecular complexity index is 580. The molecule has 2 aliphatic rings. The fraction of sp³-hybridized carbons (Fsp3) is 0.167. The van der Waals surface area contributed by atoms with Gasteiger partial charge >= 0.3 is 0 Å². The number of likely N-dealkylation sites (N-methyl/N-ethyl adjacent to an activating group) is 1. The third-order valence-electron chi connectivity index (χ3n) is 2.86. The van der Waals surface area contributed by atoms with Crippen LogP contribution < -0.4 is 14.8 Å². The number of nitrogens with one attached hydrogen (secondary N) is 2. The van der Waals surface area contributed by atoms with Crippen molar-refractivity contribution in [2.75, 3.05) is 13.8 Å². The number of benzene rings is 1. The second-order valence-corrected chi connectivity index (χ2v) is 4.00. The van der Waals surface area contributed by atoms with Crippen LogP contribution in [0.3, 0.4) is 0 Å². The third kappa shape index (κ3) is 1.58. The summed E-state index contributed by atoms with van der Waals surface area (Å²) >= 11 is 0. The summed E-state index contributed by atoms with van der Waals surface area (Å²) in [7, 11) is 1.67. The fourth-order valence-corrected chi connectivity index (χ4v) is 1.85. The SMILES string of the molecule is CN1C(=N)NC(=O)C1=Cc1ccc2c(c1)OCO2. The third-order valence-corrected chi connectivity index (χ3v) is 2.86. The smallest absolute Gasteiger partial charge is 0.274 e. The normalized spacial score (nSPS) is 19.6. The maximum atomic E-state index is 11.6. The van der Waals surface area contributed by atoms with Crippen LogP contribution in [0.1, 0.15) is 5.56 Å². The minimum absolute atomic E-state index is 0.0759. The van der Waals surface area contributed by atoms with Crippen LogP contribution >= 0.6 is 0 Å². The van der Waals surface area contributed by atoms with E-state index in [1.165, 1.54) is 4.90 Å². The molecule has 1 aromatic carbocycles. The number of carbonyl (C=O) groups is 1. The van der Waals surface area contributed by atoms with Gasteiger partial charge in [0, 0.05) is 7.05 Å². The summed E-state index contributed by atoms with van der Waals surface area (Å²) in [6.45, 7) is 0.223. The summed E-state index contributed by atoms with van der Waals surface area (Å²) in [4.78, 5) is 13.1. The minimum atomic E-state index is -0.278. The van der Waals surface area contributed by atoms with E-state index in [1.807, 2.05) is 6.07 Å². The molecule has 18 heavy (non-hydrogen) atoms. The van der Waals surface area contributed by atoms with Gasteiger partial charge in [0.2, 0.25) is 12.8 Å². The molecule has 2 N–H and O–H groups in total. The van der Waals surface area contributed by atoms with Gasteiger partial charge < -0.3 is 14.4 Å². The molecule has 0 aromatic heterocycles. The van der Waals surface area contributed by atoms with E-state index in [-0.39, 0.29) is 18.7 Å². The van der Waals surface area contributed by atoms with Crippen molar-refractivity contribution >= 4 is 17.9 Å². The topological polar surface area (TPSA) is 74.7 Å². The van der Waals surface area contributed by atoms with Crippen LogP contribution in [0.2, 0.25) is 0 Å². The minimum Gasteiger partial charge on any atom is -0.454 e. The largest absolute Gasteiger partial charge is 0.454 e. The molecule has 0 spiro atoms.